The second-order valence-electron chi connectivity index (χ2n) is 14.4. The molecule has 8 rings (SSSR count). The maximum absolute atomic E-state index is 7.31. The predicted molar refractivity (Wildman–Crippen MR) is 219 cm³/mol. The van der Waals surface area contributed by atoms with Crippen LogP contribution in [0.1, 0.15) is 50.6 Å². The molecule has 0 N–H and O–H groups in total. The van der Waals surface area contributed by atoms with Gasteiger partial charge in [0.15, 0.2) is 0 Å². The first-order valence-electron chi connectivity index (χ1n) is 19.4. The van der Waals surface area contributed by atoms with Crippen molar-refractivity contribution in [3.8, 4) is 5.75 Å². The van der Waals surface area contributed by atoms with Crippen LogP contribution in [0.15, 0.2) is 158 Å². The number of ether oxygens (including phenoxy) is 6. The minimum absolute atomic E-state index is 0.282. The van der Waals surface area contributed by atoms with E-state index in [0.29, 0.717) is 50.9 Å². The van der Waals surface area contributed by atoms with E-state index in [2.05, 4.69) is 78.9 Å². The van der Waals surface area contributed by atoms with Gasteiger partial charge in [0.25, 0.3) is 0 Å². The Morgan fingerprint density at radius 3 is 1.54 bits per heavy atom. The van der Waals surface area contributed by atoms with Gasteiger partial charge >= 0.3 is 0 Å². The molecule has 0 saturated carbocycles. The van der Waals surface area contributed by atoms with Crippen molar-refractivity contribution in [3.63, 3.8) is 0 Å². The van der Waals surface area contributed by atoms with Gasteiger partial charge in [-0.05, 0) is 45.4 Å². The minimum Gasteiger partial charge on any atom is -0.491 e. The fourth-order valence-electron chi connectivity index (χ4n) is 7.65. The van der Waals surface area contributed by atoms with Gasteiger partial charge in [-0.25, -0.2) is 0 Å². The van der Waals surface area contributed by atoms with E-state index < -0.39 is 30.5 Å². The van der Waals surface area contributed by atoms with Crippen LogP contribution in [0.3, 0.4) is 0 Å². The van der Waals surface area contributed by atoms with E-state index in [1.54, 1.807) is 0 Å². The van der Waals surface area contributed by atoms with Gasteiger partial charge in [-0.1, -0.05) is 169 Å². The molecule has 0 aromatic heterocycles. The van der Waals surface area contributed by atoms with Gasteiger partial charge in [-0.2, -0.15) is 0 Å². The topological polar surface area (TPSA) is 55.4 Å². The summed E-state index contributed by atoms with van der Waals surface area (Å²) in [4.78, 5) is 0. The molecular formula is C49H47ClO6. The molecule has 286 valence electrons. The second kappa shape index (κ2) is 18.9. The number of halogens is 1. The van der Waals surface area contributed by atoms with Crippen LogP contribution in [0, 0.1) is 0 Å². The van der Waals surface area contributed by atoms with Crippen LogP contribution in [-0.2, 0) is 63.0 Å². The lowest BCUT2D eigenvalue weighted by molar-refractivity contribution is -0.275. The van der Waals surface area contributed by atoms with Gasteiger partial charge in [0.2, 0.25) is 0 Å². The van der Waals surface area contributed by atoms with Crippen molar-refractivity contribution in [1.29, 1.82) is 0 Å². The van der Waals surface area contributed by atoms with E-state index in [-0.39, 0.29) is 6.61 Å². The molecule has 7 heteroatoms. The van der Waals surface area contributed by atoms with Crippen LogP contribution < -0.4 is 4.74 Å². The predicted octanol–water partition coefficient (Wildman–Crippen LogP) is 10.3. The van der Waals surface area contributed by atoms with Gasteiger partial charge in [0.05, 0.1) is 44.7 Å². The van der Waals surface area contributed by atoms with Crippen LogP contribution in [0.5, 0.6) is 5.75 Å². The van der Waals surface area contributed by atoms with Crippen LogP contribution in [-0.4, -0.2) is 37.6 Å². The van der Waals surface area contributed by atoms with Crippen LogP contribution in [0.2, 0.25) is 5.02 Å². The Labute approximate surface area is 334 Å². The molecule has 0 unspecified atom stereocenters. The highest BCUT2D eigenvalue weighted by atomic mass is 35.5. The summed E-state index contributed by atoms with van der Waals surface area (Å²) in [6, 6.07) is 53.4. The first kappa shape index (κ1) is 38.1. The third-order valence-corrected chi connectivity index (χ3v) is 10.9. The second-order valence-corrected chi connectivity index (χ2v) is 14.8. The summed E-state index contributed by atoms with van der Waals surface area (Å²) < 4.78 is 41.1. The maximum Gasteiger partial charge on any atom is 0.141 e. The first-order valence-corrected chi connectivity index (χ1v) is 19.8. The molecule has 5 atom stereocenters. The van der Waals surface area contributed by atoms with Crippen LogP contribution >= 0.6 is 11.6 Å². The van der Waals surface area contributed by atoms with Crippen molar-refractivity contribution < 1.29 is 28.4 Å². The summed E-state index contributed by atoms with van der Waals surface area (Å²) in [6.45, 7) is 2.36. The SMILES string of the molecule is Clc1c(Cc2ccccc2)cc([C@@H]2O[C@H](COCc3ccccc3)[C@@H](OCc3ccccc3)[C@H](OCc3ccccc3)[C@H]2OCc2ccccc2)c2c1OCC2. The molecule has 1 fully saturated rings. The average molecular weight is 767 g/mol. The van der Waals surface area contributed by atoms with E-state index >= 15 is 0 Å². The normalized spacial score (nSPS) is 20.3. The first-order chi connectivity index (χ1) is 27.7. The average Bonchev–Trinajstić information content (AvgIpc) is 3.75. The fourth-order valence-corrected chi connectivity index (χ4v) is 7.94. The van der Waals surface area contributed by atoms with E-state index in [9.17, 15) is 0 Å². The fraction of sp³-hybridized carbons (Fsp3) is 0.265. The Morgan fingerprint density at radius 2 is 1.00 bits per heavy atom. The molecule has 2 aliphatic heterocycles. The number of hydrogen-bond acceptors (Lipinski definition) is 6. The van der Waals surface area contributed by atoms with Gasteiger partial charge in [-0.3, -0.25) is 0 Å². The monoisotopic (exact) mass is 766 g/mol. The molecule has 6 aromatic rings. The van der Waals surface area contributed by atoms with E-state index in [0.717, 1.165) is 50.3 Å². The van der Waals surface area contributed by atoms with Crippen molar-refractivity contribution in [3.05, 3.63) is 207 Å². The van der Waals surface area contributed by atoms with Gasteiger partial charge in [-0.15, -0.1) is 0 Å². The van der Waals surface area contributed by atoms with Gasteiger partial charge in [0.1, 0.15) is 36.3 Å². The zero-order valence-electron chi connectivity index (χ0n) is 31.4. The highest BCUT2D eigenvalue weighted by Gasteiger charge is 2.50. The summed E-state index contributed by atoms with van der Waals surface area (Å²) in [5, 5.41) is 0.645. The Kier molecular flexibility index (Phi) is 12.9. The maximum atomic E-state index is 7.31. The molecule has 2 aliphatic rings. The molecule has 6 nitrogen and oxygen atoms in total. The lowest BCUT2D eigenvalue weighted by atomic mass is 9.86. The molecule has 56 heavy (non-hydrogen) atoms. The Bertz CT molecular complexity index is 2100. The van der Waals surface area contributed by atoms with Crippen molar-refractivity contribution in [2.75, 3.05) is 13.2 Å². The number of rotatable bonds is 16. The summed E-state index contributed by atoms with van der Waals surface area (Å²) in [7, 11) is 0. The van der Waals surface area contributed by atoms with Gasteiger partial charge < -0.3 is 28.4 Å². The highest BCUT2D eigenvalue weighted by Crippen LogP contribution is 2.46. The standard InChI is InChI=1S/C49H47ClO6/c50-44-40(28-35-16-6-1-7-17-35)29-42(41-26-27-52-45(41)44)46-48(54-32-38-22-12-4-13-23-38)49(55-33-39-24-14-5-15-25-39)47(53-31-37-20-10-3-11-21-37)43(56-46)34-51-30-36-18-8-2-9-19-36/h1-25,29,43,46-49H,26-28,30-34H2/t43-,46+,47-,48+,49+/m1/s1. The summed E-state index contributed by atoms with van der Waals surface area (Å²) in [5.41, 5.74) is 8.42. The highest BCUT2D eigenvalue weighted by molar-refractivity contribution is 6.33. The Balaban J connectivity index is 1.21. The van der Waals surface area contributed by atoms with Crippen LogP contribution in [0.25, 0.3) is 0 Å². The smallest absolute Gasteiger partial charge is 0.141 e. The van der Waals surface area contributed by atoms with Crippen molar-refractivity contribution in [2.45, 2.75) is 69.8 Å². The van der Waals surface area contributed by atoms with Crippen molar-refractivity contribution in [2.24, 2.45) is 0 Å². The molecule has 0 radical (unpaired) electrons. The van der Waals surface area contributed by atoms with E-state index in [1.165, 1.54) is 0 Å². The van der Waals surface area contributed by atoms with E-state index in [4.69, 9.17) is 40.0 Å². The summed E-state index contributed by atoms with van der Waals surface area (Å²) in [5.74, 6) is 0.724. The minimum atomic E-state index is -0.569. The third-order valence-electron chi connectivity index (χ3n) is 10.5. The summed E-state index contributed by atoms with van der Waals surface area (Å²) in [6.07, 6.45) is -1.35. The number of benzene rings is 6. The molecule has 0 aliphatic carbocycles. The largest absolute Gasteiger partial charge is 0.491 e. The quantitative estimate of drug-likeness (QED) is 0.0978. The van der Waals surface area contributed by atoms with E-state index in [1.807, 2.05) is 78.9 Å². The third kappa shape index (κ3) is 9.42. The molecular weight excluding hydrogens is 720 g/mol. The molecule has 0 bridgehead atoms. The zero-order chi connectivity index (χ0) is 37.9. The lowest BCUT2D eigenvalue weighted by Gasteiger charge is -2.47. The number of fused-ring (bicyclic) bond motifs is 1. The lowest BCUT2D eigenvalue weighted by Crippen LogP contribution is -2.58. The van der Waals surface area contributed by atoms with Gasteiger partial charge in [0, 0.05) is 12.0 Å². The Morgan fingerprint density at radius 1 is 0.536 bits per heavy atom. The Hall–Kier alpha value is -4.79. The summed E-state index contributed by atoms with van der Waals surface area (Å²) >= 11 is 7.16. The molecule has 0 amide bonds. The molecule has 1 saturated heterocycles. The number of hydrogen-bond donors (Lipinski definition) is 0. The molecule has 2 heterocycles. The van der Waals surface area contributed by atoms with Crippen molar-refractivity contribution in [1.82, 2.24) is 0 Å². The zero-order valence-corrected chi connectivity index (χ0v) is 32.1. The molecule has 6 aromatic carbocycles. The van der Waals surface area contributed by atoms with Crippen molar-refractivity contribution >= 4 is 11.6 Å². The van der Waals surface area contributed by atoms with Crippen LogP contribution in [0.4, 0.5) is 0 Å². The molecule has 0 spiro atoms.